The molecule has 0 saturated heterocycles. The molecule has 0 bridgehead atoms. The van der Waals surface area contributed by atoms with Crippen molar-refractivity contribution < 1.29 is 9.84 Å². The van der Waals surface area contributed by atoms with E-state index < -0.39 is 0 Å². The van der Waals surface area contributed by atoms with Gasteiger partial charge in [-0.05, 0) is 42.4 Å². The van der Waals surface area contributed by atoms with Crippen LogP contribution in [0.2, 0.25) is 0 Å². The molecule has 0 saturated carbocycles. The molecular formula is C15H24O2. The lowest BCUT2D eigenvalue weighted by atomic mass is 9.87. The second-order valence-electron chi connectivity index (χ2n) is 5.81. The van der Waals surface area contributed by atoms with Crippen LogP contribution in [-0.2, 0) is 6.42 Å². The SMILES string of the molecule is COc1ccc(CCC(O)CC(C)(C)C)cc1. The highest BCUT2D eigenvalue weighted by atomic mass is 16.5. The highest BCUT2D eigenvalue weighted by Crippen LogP contribution is 2.23. The summed E-state index contributed by atoms with van der Waals surface area (Å²) in [5.74, 6) is 0.879. The number of rotatable bonds is 5. The molecule has 1 rings (SSSR count). The van der Waals surface area contributed by atoms with Crippen LogP contribution in [-0.4, -0.2) is 18.3 Å². The third kappa shape index (κ3) is 5.73. The zero-order chi connectivity index (χ0) is 12.9. The molecule has 0 aromatic heterocycles. The van der Waals surface area contributed by atoms with Crippen molar-refractivity contribution in [2.45, 2.75) is 46.1 Å². The van der Waals surface area contributed by atoms with E-state index in [9.17, 15) is 5.11 Å². The summed E-state index contributed by atoms with van der Waals surface area (Å²) in [6.07, 6.45) is 2.38. The van der Waals surface area contributed by atoms with Crippen molar-refractivity contribution >= 4 is 0 Å². The highest BCUT2D eigenvalue weighted by molar-refractivity contribution is 5.27. The molecule has 1 aromatic carbocycles. The monoisotopic (exact) mass is 236 g/mol. The molecule has 0 spiro atoms. The Morgan fingerprint density at radius 1 is 1.18 bits per heavy atom. The van der Waals surface area contributed by atoms with Crippen LogP contribution in [0.15, 0.2) is 24.3 Å². The molecule has 2 heteroatoms. The average molecular weight is 236 g/mol. The number of aryl methyl sites for hydroxylation is 1. The van der Waals surface area contributed by atoms with E-state index in [0.717, 1.165) is 25.0 Å². The molecule has 0 fully saturated rings. The van der Waals surface area contributed by atoms with Crippen LogP contribution in [0.25, 0.3) is 0 Å². The fourth-order valence-corrected chi connectivity index (χ4v) is 1.93. The maximum absolute atomic E-state index is 9.92. The minimum Gasteiger partial charge on any atom is -0.497 e. The number of ether oxygens (including phenoxy) is 1. The van der Waals surface area contributed by atoms with Crippen molar-refractivity contribution in [1.82, 2.24) is 0 Å². The van der Waals surface area contributed by atoms with Crippen molar-refractivity contribution in [3.05, 3.63) is 29.8 Å². The second kappa shape index (κ2) is 6.06. The Bertz CT molecular complexity index is 322. The zero-order valence-corrected chi connectivity index (χ0v) is 11.4. The van der Waals surface area contributed by atoms with E-state index in [1.54, 1.807) is 7.11 Å². The van der Waals surface area contributed by atoms with E-state index in [0.29, 0.717) is 0 Å². The molecular weight excluding hydrogens is 212 g/mol. The Morgan fingerprint density at radius 3 is 2.24 bits per heavy atom. The third-order valence-corrected chi connectivity index (χ3v) is 2.77. The summed E-state index contributed by atoms with van der Waals surface area (Å²) in [4.78, 5) is 0. The summed E-state index contributed by atoms with van der Waals surface area (Å²) in [6.45, 7) is 6.47. The van der Waals surface area contributed by atoms with Gasteiger partial charge in [-0.25, -0.2) is 0 Å². The molecule has 0 amide bonds. The van der Waals surface area contributed by atoms with Gasteiger partial charge < -0.3 is 9.84 Å². The standard InChI is InChI=1S/C15H24O2/c1-15(2,3)11-13(16)8-5-12-6-9-14(17-4)10-7-12/h6-7,9-10,13,16H,5,8,11H2,1-4H3. The first-order valence-electron chi connectivity index (χ1n) is 6.22. The predicted octanol–water partition coefficient (Wildman–Crippen LogP) is 3.42. The second-order valence-corrected chi connectivity index (χ2v) is 5.81. The Labute approximate surface area is 105 Å². The molecule has 0 aliphatic rings. The molecule has 2 nitrogen and oxygen atoms in total. The van der Waals surface area contributed by atoms with E-state index in [-0.39, 0.29) is 11.5 Å². The summed E-state index contributed by atoms with van der Waals surface area (Å²) < 4.78 is 5.11. The lowest BCUT2D eigenvalue weighted by molar-refractivity contribution is 0.113. The van der Waals surface area contributed by atoms with Gasteiger partial charge in [0.15, 0.2) is 0 Å². The van der Waals surface area contributed by atoms with Crippen LogP contribution in [0.1, 0.15) is 39.2 Å². The first kappa shape index (κ1) is 14.0. The normalized spacial score (nSPS) is 13.5. The maximum Gasteiger partial charge on any atom is 0.118 e. The van der Waals surface area contributed by atoms with Crippen LogP contribution in [0, 0.1) is 5.41 Å². The van der Waals surface area contributed by atoms with Gasteiger partial charge in [0.25, 0.3) is 0 Å². The Morgan fingerprint density at radius 2 is 1.76 bits per heavy atom. The van der Waals surface area contributed by atoms with Crippen LogP contribution in [0.3, 0.4) is 0 Å². The van der Waals surface area contributed by atoms with Gasteiger partial charge in [0.05, 0.1) is 13.2 Å². The van der Waals surface area contributed by atoms with Gasteiger partial charge in [-0.1, -0.05) is 32.9 Å². The third-order valence-electron chi connectivity index (χ3n) is 2.77. The quantitative estimate of drug-likeness (QED) is 0.848. The summed E-state index contributed by atoms with van der Waals surface area (Å²) in [5, 5.41) is 9.92. The zero-order valence-electron chi connectivity index (χ0n) is 11.4. The first-order valence-corrected chi connectivity index (χ1v) is 6.22. The molecule has 1 N–H and O–H groups in total. The van der Waals surface area contributed by atoms with E-state index in [1.165, 1.54) is 5.56 Å². The smallest absolute Gasteiger partial charge is 0.118 e. The number of benzene rings is 1. The van der Waals surface area contributed by atoms with Gasteiger partial charge in [-0.15, -0.1) is 0 Å². The maximum atomic E-state index is 9.92. The first-order chi connectivity index (χ1) is 7.90. The number of methoxy groups -OCH3 is 1. The molecule has 0 radical (unpaired) electrons. The Balaban J connectivity index is 2.39. The number of aliphatic hydroxyl groups is 1. The van der Waals surface area contributed by atoms with Gasteiger partial charge in [0.2, 0.25) is 0 Å². The van der Waals surface area contributed by atoms with E-state index in [2.05, 4.69) is 32.9 Å². The van der Waals surface area contributed by atoms with Gasteiger partial charge in [-0.2, -0.15) is 0 Å². The fraction of sp³-hybridized carbons (Fsp3) is 0.600. The Hall–Kier alpha value is -1.02. The van der Waals surface area contributed by atoms with Crippen molar-refractivity contribution in [1.29, 1.82) is 0 Å². The topological polar surface area (TPSA) is 29.5 Å². The molecule has 0 aliphatic carbocycles. The Kier molecular flexibility index (Phi) is 5.01. The largest absolute Gasteiger partial charge is 0.497 e. The predicted molar refractivity (Wildman–Crippen MR) is 71.4 cm³/mol. The molecule has 0 aliphatic heterocycles. The minimum absolute atomic E-state index is 0.194. The van der Waals surface area contributed by atoms with Gasteiger partial charge in [0, 0.05) is 0 Å². The van der Waals surface area contributed by atoms with Crippen LogP contribution in [0.4, 0.5) is 0 Å². The summed E-state index contributed by atoms with van der Waals surface area (Å²) in [6, 6.07) is 8.04. The van der Waals surface area contributed by atoms with Crippen molar-refractivity contribution in [3.63, 3.8) is 0 Å². The van der Waals surface area contributed by atoms with E-state index >= 15 is 0 Å². The van der Waals surface area contributed by atoms with Crippen LogP contribution < -0.4 is 4.74 Å². The molecule has 17 heavy (non-hydrogen) atoms. The van der Waals surface area contributed by atoms with Gasteiger partial charge >= 0.3 is 0 Å². The average Bonchev–Trinajstić information content (AvgIpc) is 2.25. The van der Waals surface area contributed by atoms with Gasteiger partial charge in [0.1, 0.15) is 5.75 Å². The highest BCUT2D eigenvalue weighted by Gasteiger charge is 2.16. The number of hydrogen-bond donors (Lipinski definition) is 1. The minimum atomic E-state index is -0.211. The lowest BCUT2D eigenvalue weighted by Crippen LogP contribution is -2.18. The summed E-state index contributed by atoms with van der Waals surface area (Å²) >= 11 is 0. The van der Waals surface area contributed by atoms with Gasteiger partial charge in [-0.3, -0.25) is 0 Å². The molecule has 1 aromatic rings. The van der Waals surface area contributed by atoms with Crippen LogP contribution >= 0.6 is 0 Å². The van der Waals surface area contributed by atoms with Crippen LogP contribution in [0.5, 0.6) is 5.75 Å². The number of aliphatic hydroxyl groups excluding tert-OH is 1. The molecule has 96 valence electrons. The summed E-state index contributed by atoms with van der Waals surface area (Å²) in [7, 11) is 1.67. The van der Waals surface area contributed by atoms with Crippen molar-refractivity contribution in [2.24, 2.45) is 5.41 Å². The van der Waals surface area contributed by atoms with E-state index in [1.807, 2.05) is 12.1 Å². The van der Waals surface area contributed by atoms with Crippen molar-refractivity contribution in [2.75, 3.05) is 7.11 Å². The molecule has 1 atom stereocenters. The van der Waals surface area contributed by atoms with E-state index in [4.69, 9.17) is 4.74 Å². The lowest BCUT2D eigenvalue weighted by Gasteiger charge is -2.22. The number of hydrogen-bond acceptors (Lipinski definition) is 2. The molecule has 1 unspecified atom stereocenters. The molecule has 0 heterocycles. The summed E-state index contributed by atoms with van der Waals surface area (Å²) in [5.41, 5.74) is 1.44. The fourth-order valence-electron chi connectivity index (χ4n) is 1.93. The van der Waals surface area contributed by atoms with Crippen molar-refractivity contribution in [3.8, 4) is 5.75 Å².